The first-order chi connectivity index (χ1) is 20.5. The fourth-order valence-electron chi connectivity index (χ4n) is 5.79. The van der Waals surface area contributed by atoms with E-state index < -0.39 is 17.4 Å². The minimum Gasteiger partial charge on any atom is -0.489 e. The molecule has 3 heterocycles. The highest BCUT2D eigenvalue weighted by molar-refractivity contribution is 7.18. The zero-order valence-electron chi connectivity index (χ0n) is 23.1. The van der Waals surface area contributed by atoms with E-state index in [2.05, 4.69) is 0 Å². The molecule has 0 bridgehead atoms. The molecule has 0 atom stereocenters. The number of alkyl halides is 2. The van der Waals surface area contributed by atoms with Crippen molar-refractivity contribution in [3.63, 3.8) is 0 Å². The van der Waals surface area contributed by atoms with Gasteiger partial charge in [0.25, 0.3) is 11.8 Å². The fourth-order valence-corrected chi connectivity index (χ4v) is 7.75. The van der Waals surface area contributed by atoms with E-state index in [-0.39, 0.29) is 76.7 Å². The van der Waals surface area contributed by atoms with E-state index in [1.54, 1.807) is 40.1 Å². The highest BCUT2D eigenvalue weighted by atomic mass is 35.5. The SMILES string of the molecule is NC(=O)C1(N2CCC(F)(F)CC2)CCN(C(=O)c2sc(-c3ccc(Cl)cc3Cl)c(-c3ccc(Cl)cc3)c2OCCO)CC1. The molecule has 2 aliphatic heterocycles. The number of benzene rings is 2. The Morgan fingerprint density at radius 1 is 0.953 bits per heavy atom. The van der Waals surface area contributed by atoms with E-state index in [0.29, 0.717) is 35.9 Å². The molecule has 0 spiro atoms. The monoisotopic (exact) mass is 671 g/mol. The van der Waals surface area contributed by atoms with Gasteiger partial charge in [-0.15, -0.1) is 11.3 Å². The summed E-state index contributed by atoms with van der Waals surface area (Å²) in [7, 11) is 0. The summed E-state index contributed by atoms with van der Waals surface area (Å²) in [6.45, 7) is 0.169. The Labute approximate surface area is 267 Å². The van der Waals surface area contributed by atoms with Crippen LogP contribution in [0.15, 0.2) is 42.5 Å². The second-order valence-electron chi connectivity index (χ2n) is 10.7. The smallest absolute Gasteiger partial charge is 0.267 e. The molecule has 13 heteroatoms. The van der Waals surface area contributed by atoms with Crippen molar-refractivity contribution in [1.29, 1.82) is 0 Å². The minimum atomic E-state index is -2.76. The molecule has 43 heavy (non-hydrogen) atoms. The van der Waals surface area contributed by atoms with Gasteiger partial charge >= 0.3 is 0 Å². The molecule has 0 aliphatic carbocycles. The molecule has 7 nitrogen and oxygen atoms in total. The van der Waals surface area contributed by atoms with Crippen molar-refractivity contribution in [3.05, 3.63) is 62.4 Å². The van der Waals surface area contributed by atoms with Crippen LogP contribution < -0.4 is 10.5 Å². The zero-order valence-corrected chi connectivity index (χ0v) is 26.1. The van der Waals surface area contributed by atoms with Gasteiger partial charge in [0.2, 0.25) is 5.91 Å². The number of nitrogens with two attached hydrogens (primary N) is 1. The molecule has 2 saturated heterocycles. The van der Waals surface area contributed by atoms with Gasteiger partial charge in [-0.3, -0.25) is 14.5 Å². The van der Waals surface area contributed by atoms with Crippen LogP contribution in [0.1, 0.15) is 35.4 Å². The van der Waals surface area contributed by atoms with Gasteiger partial charge in [0.05, 0.1) is 11.6 Å². The van der Waals surface area contributed by atoms with Crippen LogP contribution in [-0.2, 0) is 4.79 Å². The van der Waals surface area contributed by atoms with Crippen molar-refractivity contribution >= 4 is 58.0 Å². The number of primary amides is 1. The summed E-state index contributed by atoms with van der Waals surface area (Å²) >= 11 is 20.2. The Kier molecular flexibility index (Phi) is 9.56. The maximum Gasteiger partial charge on any atom is 0.267 e. The number of carbonyl (C=O) groups is 2. The standard InChI is InChI=1S/C30H30Cl3F2N3O4S/c31-19-3-1-18(2-4-19)23-24(42-16-15-39)26(43-25(23)21-6-5-20(32)17-22(21)33)27(40)37-11-7-29(8-12-37,28(36)41)38-13-9-30(34,35)10-14-38/h1-6,17,39H,7-16H2,(H2,36,41). The van der Waals surface area contributed by atoms with Crippen LogP contribution in [0.25, 0.3) is 21.6 Å². The molecule has 3 N–H and O–H groups in total. The Balaban J connectivity index is 1.52. The van der Waals surface area contributed by atoms with E-state index in [4.69, 9.17) is 45.3 Å². The normalized spacial score (nSPS) is 18.4. The number of rotatable bonds is 8. The molecular weight excluding hydrogens is 643 g/mol. The number of hydrogen-bond donors (Lipinski definition) is 2. The summed E-state index contributed by atoms with van der Waals surface area (Å²) in [5.74, 6) is -3.37. The lowest BCUT2D eigenvalue weighted by Gasteiger charge is -2.48. The molecule has 2 fully saturated rings. The summed E-state index contributed by atoms with van der Waals surface area (Å²) < 4.78 is 33.7. The van der Waals surface area contributed by atoms with Gasteiger partial charge in [0, 0.05) is 65.1 Å². The molecule has 0 saturated carbocycles. The third kappa shape index (κ3) is 6.50. The first-order valence-corrected chi connectivity index (χ1v) is 15.7. The van der Waals surface area contributed by atoms with Crippen LogP contribution in [-0.4, -0.2) is 77.6 Å². The molecule has 0 unspecified atom stereocenters. The molecular formula is C30H30Cl3F2N3O4S. The lowest BCUT2D eigenvalue weighted by atomic mass is 9.83. The maximum absolute atomic E-state index is 14.1. The molecule has 3 aromatic rings. The van der Waals surface area contributed by atoms with Gasteiger partial charge in [-0.1, -0.05) is 53.0 Å². The van der Waals surface area contributed by atoms with E-state index in [9.17, 15) is 23.5 Å². The number of thiophene rings is 1. The average molecular weight is 673 g/mol. The van der Waals surface area contributed by atoms with Gasteiger partial charge < -0.3 is 20.5 Å². The predicted molar refractivity (Wildman–Crippen MR) is 166 cm³/mol. The summed E-state index contributed by atoms with van der Waals surface area (Å²) in [4.78, 5) is 31.2. The Morgan fingerprint density at radius 3 is 2.16 bits per heavy atom. The van der Waals surface area contributed by atoms with Gasteiger partial charge in [0.1, 0.15) is 17.0 Å². The number of amides is 2. The quantitative estimate of drug-likeness (QED) is 0.281. The lowest BCUT2D eigenvalue weighted by Crippen LogP contribution is -2.64. The lowest BCUT2D eigenvalue weighted by molar-refractivity contribution is -0.140. The molecule has 2 amide bonds. The minimum absolute atomic E-state index is 0.0591. The number of aliphatic hydroxyl groups excluding tert-OH is 1. The number of ether oxygens (including phenoxy) is 1. The fraction of sp³-hybridized carbons (Fsp3) is 0.400. The highest BCUT2D eigenvalue weighted by Gasteiger charge is 2.49. The summed E-state index contributed by atoms with van der Waals surface area (Å²) in [6.07, 6.45) is -0.237. The highest BCUT2D eigenvalue weighted by Crippen LogP contribution is 2.50. The molecule has 0 radical (unpaired) electrons. The van der Waals surface area contributed by atoms with Crippen molar-refractivity contribution < 1.29 is 28.2 Å². The first kappa shape index (κ1) is 31.9. The summed E-state index contributed by atoms with van der Waals surface area (Å²) in [6, 6.07) is 12.2. The Hall–Kier alpha value is -2.47. The van der Waals surface area contributed by atoms with Crippen LogP contribution in [0, 0.1) is 0 Å². The third-order valence-electron chi connectivity index (χ3n) is 8.14. The third-order valence-corrected chi connectivity index (χ3v) is 10.1. The van der Waals surface area contributed by atoms with Crippen LogP contribution in [0.2, 0.25) is 15.1 Å². The van der Waals surface area contributed by atoms with Gasteiger partial charge in [-0.05, 0) is 42.7 Å². The Bertz CT molecular complexity index is 1500. The van der Waals surface area contributed by atoms with Crippen molar-refractivity contribution in [1.82, 2.24) is 9.80 Å². The largest absolute Gasteiger partial charge is 0.489 e. The van der Waals surface area contributed by atoms with Crippen LogP contribution in [0.5, 0.6) is 5.75 Å². The Morgan fingerprint density at radius 2 is 1.58 bits per heavy atom. The second-order valence-corrected chi connectivity index (χ2v) is 13.0. The number of nitrogens with zero attached hydrogens (tertiary/aromatic N) is 2. The number of piperidine rings is 2. The van der Waals surface area contributed by atoms with Gasteiger partial charge in [-0.2, -0.15) is 0 Å². The second kappa shape index (κ2) is 12.9. The van der Waals surface area contributed by atoms with E-state index in [1.807, 2.05) is 12.1 Å². The molecule has 5 rings (SSSR count). The predicted octanol–water partition coefficient (Wildman–Crippen LogP) is 6.60. The van der Waals surface area contributed by atoms with Crippen molar-refractivity contribution in [2.45, 2.75) is 37.1 Å². The molecule has 2 aliphatic rings. The van der Waals surface area contributed by atoms with Crippen LogP contribution in [0.3, 0.4) is 0 Å². The number of hydrogen-bond acceptors (Lipinski definition) is 6. The van der Waals surface area contributed by atoms with Gasteiger partial charge in [-0.25, -0.2) is 8.78 Å². The number of likely N-dealkylation sites (tertiary alicyclic amines) is 2. The summed E-state index contributed by atoms with van der Waals surface area (Å²) in [5.41, 5.74) is 6.73. The average Bonchev–Trinajstić information content (AvgIpc) is 3.35. The maximum atomic E-state index is 14.1. The van der Waals surface area contributed by atoms with E-state index in [0.717, 1.165) is 5.56 Å². The number of halogens is 5. The van der Waals surface area contributed by atoms with E-state index in [1.165, 1.54) is 11.3 Å². The topological polar surface area (TPSA) is 96.1 Å². The van der Waals surface area contributed by atoms with Crippen molar-refractivity contribution in [2.24, 2.45) is 5.73 Å². The molecule has 2 aromatic carbocycles. The van der Waals surface area contributed by atoms with Crippen molar-refractivity contribution in [2.75, 3.05) is 39.4 Å². The van der Waals surface area contributed by atoms with Crippen LogP contribution in [0.4, 0.5) is 8.78 Å². The summed E-state index contributed by atoms with van der Waals surface area (Å²) in [5, 5.41) is 11.0. The van der Waals surface area contributed by atoms with Crippen LogP contribution >= 0.6 is 46.1 Å². The zero-order chi connectivity index (χ0) is 30.9. The number of carbonyl (C=O) groups excluding carboxylic acids is 2. The van der Waals surface area contributed by atoms with E-state index >= 15 is 0 Å². The van der Waals surface area contributed by atoms with Crippen molar-refractivity contribution in [3.8, 4) is 27.3 Å². The molecule has 230 valence electrons. The molecule has 1 aromatic heterocycles. The number of aliphatic hydroxyl groups is 1. The first-order valence-electron chi connectivity index (χ1n) is 13.8. The van der Waals surface area contributed by atoms with Gasteiger partial charge in [0.15, 0.2) is 5.75 Å².